The van der Waals surface area contributed by atoms with Crippen LogP contribution in [0, 0.1) is 11.6 Å². The van der Waals surface area contributed by atoms with Gasteiger partial charge in [0.1, 0.15) is 5.82 Å². The standard InChI is InChI=1S/C14H10ClF4NO/c15-10-3-1-2-8(13(10)17)7-20-9-4-5-12(11(16)6-9)21-14(18)19/h1-6,14,20H,7H2. The molecule has 0 atom stereocenters. The molecule has 0 saturated carbocycles. The molecule has 0 bridgehead atoms. The molecule has 0 aliphatic carbocycles. The Balaban J connectivity index is 2.07. The largest absolute Gasteiger partial charge is 0.432 e. The lowest BCUT2D eigenvalue weighted by Gasteiger charge is -2.10. The van der Waals surface area contributed by atoms with Gasteiger partial charge in [0.2, 0.25) is 0 Å². The summed E-state index contributed by atoms with van der Waals surface area (Å²) >= 11 is 5.64. The van der Waals surface area contributed by atoms with Gasteiger partial charge in [-0.05, 0) is 18.2 Å². The van der Waals surface area contributed by atoms with Gasteiger partial charge in [-0.1, -0.05) is 23.7 Å². The van der Waals surface area contributed by atoms with Crippen LogP contribution in [0.15, 0.2) is 36.4 Å². The summed E-state index contributed by atoms with van der Waals surface area (Å²) in [4.78, 5) is 0. The van der Waals surface area contributed by atoms with Crippen LogP contribution in [0.3, 0.4) is 0 Å². The van der Waals surface area contributed by atoms with E-state index in [4.69, 9.17) is 11.6 Å². The summed E-state index contributed by atoms with van der Waals surface area (Å²) in [5, 5.41) is 2.76. The number of nitrogens with one attached hydrogen (secondary N) is 1. The highest BCUT2D eigenvalue weighted by molar-refractivity contribution is 6.30. The van der Waals surface area contributed by atoms with Crippen LogP contribution in [0.1, 0.15) is 5.56 Å². The van der Waals surface area contributed by atoms with Crippen molar-refractivity contribution in [2.75, 3.05) is 5.32 Å². The third kappa shape index (κ3) is 4.01. The summed E-state index contributed by atoms with van der Waals surface area (Å²) in [5.74, 6) is -2.05. The minimum absolute atomic E-state index is 0.0128. The molecule has 2 rings (SSSR count). The van der Waals surface area contributed by atoms with Crippen LogP contribution < -0.4 is 10.1 Å². The maximum absolute atomic E-state index is 13.6. The highest BCUT2D eigenvalue weighted by Crippen LogP contribution is 2.24. The highest BCUT2D eigenvalue weighted by atomic mass is 35.5. The average molecular weight is 320 g/mol. The molecular formula is C14H10ClF4NO. The molecule has 0 heterocycles. The zero-order chi connectivity index (χ0) is 15.4. The van der Waals surface area contributed by atoms with Crippen LogP contribution in [-0.2, 0) is 6.54 Å². The van der Waals surface area contributed by atoms with Gasteiger partial charge in [0.15, 0.2) is 11.6 Å². The molecule has 0 spiro atoms. The lowest BCUT2D eigenvalue weighted by molar-refractivity contribution is -0.0521. The van der Waals surface area contributed by atoms with E-state index in [0.717, 1.165) is 12.1 Å². The van der Waals surface area contributed by atoms with Crippen LogP contribution in [0.5, 0.6) is 5.75 Å². The first-order valence-electron chi connectivity index (χ1n) is 5.88. The van der Waals surface area contributed by atoms with Crippen LogP contribution >= 0.6 is 11.6 Å². The van der Waals surface area contributed by atoms with Gasteiger partial charge >= 0.3 is 6.61 Å². The molecule has 0 aliphatic rings. The second-order valence-electron chi connectivity index (χ2n) is 4.09. The molecule has 21 heavy (non-hydrogen) atoms. The topological polar surface area (TPSA) is 21.3 Å². The molecule has 0 aliphatic heterocycles. The number of halogens is 5. The fourth-order valence-electron chi connectivity index (χ4n) is 1.68. The van der Waals surface area contributed by atoms with Crippen LogP contribution in [0.2, 0.25) is 5.02 Å². The molecule has 0 radical (unpaired) electrons. The fourth-order valence-corrected chi connectivity index (χ4v) is 1.88. The molecule has 0 fully saturated rings. The summed E-state index contributed by atoms with van der Waals surface area (Å²) in [6.45, 7) is -3.03. The van der Waals surface area contributed by atoms with Crippen molar-refractivity contribution in [1.29, 1.82) is 0 Å². The molecule has 0 amide bonds. The first kappa shape index (κ1) is 15.4. The van der Waals surface area contributed by atoms with E-state index in [0.29, 0.717) is 11.3 Å². The summed E-state index contributed by atoms with van der Waals surface area (Å²) < 4.78 is 55.1. The predicted molar refractivity (Wildman–Crippen MR) is 71.8 cm³/mol. The van der Waals surface area contributed by atoms with Gasteiger partial charge in [-0.15, -0.1) is 0 Å². The first-order chi connectivity index (χ1) is 9.97. The molecule has 2 nitrogen and oxygen atoms in total. The second kappa shape index (κ2) is 6.67. The number of benzene rings is 2. The Morgan fingerprint density at radius 2 is 1.90 bits per heavy atom. The number of hydrogen-bond donors (Lipinski definition) is 1. The molecule has 112 valence electrons. The van der Waals surface area contributed by atoms with Crippen molar-refractivity contribution in [2.45, 2.75) is 13.2 Å². The first-order valence-corrected chi connectivity index (χ1v) is 6.26. The van der Waals surface area contributed by atoms with Crippen molar-refractivity contribution in [2.24, 2.45) is 0 Å². The van der Waals surface area contributed by atoms with E-state index in [1.54, 1.807) is 6.07 Å². The number of hydrogen-bond acceptors (Lipinski definition) is 2. The van der Waals surface area contributed by atoms with E-state index in [2.05, 4.69) is 10.1 Å². The van der Waals surface area contributed by atoms with Crippen molar-refractivity contribution >= 4 is 17.3 Å². The van der Waals surface area contributed by atoms with Gasteiger partial charge in [0.05, 0.1) is 5.02 Å². The molecule has 2 aromatic rings. The van der Waals surface area contributed by atoms with E-state index in [1.165, 1.54) is 18.2 Å². The van der Waals surface area contributed by atoms with Crippen molar-refractivity contribution in [3.63, 3.8) is 0 Å². The van der Waals surface area contributed by atoms with Crippen molar-refractivity contribution < 1.29 is 22.3 Å². The Morgan fingerprint density at radius 1 is 1.14 bits per heavy atom. The summed E-state index contributed by atoms with van der Waals surface area (Å²) in [6.07, 6.45) is 0. The maximum atomic E-state index is 13.6. The second-order valence-corrected chi connectivity index (χ2v) is 4.50. The monoisotopic (exact) mass is 319 g/mol. The summed E-state index contributed by atoms with van der Waals surface area (Å²) in [7, 11) is 0. The van der Waals surface area contributed by atoms with E-state index < -0.39 is 24.0 Å². The van der Waals surface area contributed by atoms with E-state index >= 15 is 0 Å². The van der Waals surface area contributed by atoms with Gasteiger partial charge in [0.25, 0.3) is 0 Å². The van der Waals surface area contributed by atoms with Crippen LogP contribution in [-0.4, -0.2) is 6.61 Å². The normalized spacial score (nSPS) is 10.8. The lowest BCUT2D eigenvalue weighted by Crippen LogP contribution is -2.05. The molecule has 0 aromatic heterocycles. The van der Waals surface area contributed by atoms with E-state index in [-0.39, 0.29) is 11.6 Å². The smallest absolute Gasteiger partial charge is 0.387 e. The number of rotatable bonds is 5. The Hall–Kier alpha value is -1.95. The average Bonchev–Trinajstić information content (AvgIpc) is 2.43. The SMILES string of the molecule is Fc1cc(NCc2cccc(Cl)c2F)ccc1OC(F)F. The molecular weight excluding hydrogens is 310 g/mol. The predicted octanol–water partition coefficient (Wildman–Crippen LogP) is 4.83. The molecule has 1 N–H and O–H groups in total. The van der Waals surface area contributed by atoms with Gasteiger partial charge in [-0.2, -0.15) is 8.78 Å². The Labute approximate surface area is 123 Å². The minimum Gasteiger partial charge on any atom is -0.432 e. The number of ether oxygens (including phenoxy) is 1. The van der Waals surface area contributed by atoms with Crippen LogP contribution in [0.4, 0.5) is 23.2 Å². The van der Waals surface area contributed by atoms with Gasteiger partial charge in [-0.3, -0.25) is 0 Å². The number of anilines is 1. The summed E-state index contributed by atoms with van der Waals surface area (Å²) in [6, 6.07) is 7.93. The van der Waals surface area contributed by atoms with Crippen molar-refractivity contribution in [3.8, 4) is 5.75 Å². The minimum atomic E-state index is -3.10. The molecule has 0 saturated heterocycles. The Morgan fingerprint density at radius 3 is 2.57 bits per heavy atom. The van der Waals surface area contributed by atoms with Gasteiger partial charge < -0.3 is 10.1 Å². The molecule has 2 aromatic carbocycles. The fraction of sp³-hybridized carbons (Fsp3) is 0.143. The van der Waals surface area contributed by atoms with Crippen LogP contribution in [0.25, 0.3) is 0 Å². The number of alkyl halides is 2. The Bertz CT molecular complexity index is 636. The lowest BCUT2D eigenvalue weighted by atomic mass is 10.2. The van der Waals surface area contributed by atoms with Gasteiger partial charge in [0, 0.05) is 23.9 Å². The zero-order valence-corrected chi connectivity index (χ0v) is 11.3. The molecule has 0 unspecified atom stereocenters. The zero-order valence-electron chi connectivity index (χ0n) is 10.5. The Kier molecular flexibility index (Phi) is 4.90. The highest BCUT2D eigenvalue weighted by Gasteiger charge is 2.11. The summed E-state index contributed by atoms with van der Waals surface area (Å²) in [5.41, 5.74) is 0.601. The quantitative estimate of drug-likeness (QED) is 0.797. The van der Waals surface area contributed by atoms with Gasteiger partial charge in [-0.25, -0.2) is 8.78 Å². The van der Waals surface area contributed by atoms with Crippen molar-refractivity contribution in [3.05, 3.63) is 58.6 Å². The van der Waals surface area contributed by atoms with E-state index in [1.807, 2.05) is 0 Å². The van der Waals surface area contributed by atoms with E-state index in [9.17, 15) is 17.6 Å². The molecule has 7 heteroatoms. The van der Waals surface area contributed by atoms with Crippen molar-refractivity contribution in [1.82, 2.24) is 0 Å². The third-order valence-electron chi connectivity index (χ3n) is 2.66. The maximum Gasteiger partial charge on any atom is 0.387 e. The third-order valence-corrected chi connectivity index (χ3v) is 2.95.